The molecule has 9 nitrogen and oxygen atoms in total. The summed E-state index contributed by atoms with van der Waals surface area (Å²) in [6, 6.07) is -0.828. The van der Waals surface area contributed by atoms with Crippen LogP contribution in [0.5, 0.6) is 0 Å². The fourth-order valence-electron chi connectivity index (χ4n) is 8.83. The maximum Gasteiger partial charge on any atom is 0.220 e. The smallest absolute Gasteiger partial charge is 0.220 e. The summed E-state index contributed by atoms with van der Waals surface area (Å²) in [6.45, 7) is 3.77. The van der Waals surface area contributed by atoms with Crippen LogP contribution in [0.3, 0.4) is 0 Å². The van der Waals surface area contributed by atoms with E-state index >= 15 is 0 Å². The molecule has 0 aromatic carbocycles. The highest BCUT2D eigenvalue weighted by Crippen LogP contribution is 2.23. The van der Waals surface area contributed by atoms with Crippen LogP contribution in [-0.4, -0.2) is 87.5 Å². The number of unbranched alkanes of at least 4 members (excludes halogenated alkanes) is 32. The van der Waals surface area contributed by atoms with E-state index < -0.39 is 49.5 Å². The fourth-order valence-corrected chi connectivity index (χ4v) is 8.83. The topological polar surface area (TPSA) is 149 Å². The Hall–Kier alpha value is -1.85. The summed E-state index contributed by atoms with van der Waals surface area (Å²) in [6.07, 6.45) is 56.0. The minimum Gasteiger partial charge on any atom is -0.394 e. The number of amides is 1. The minimum absolute atomic E-state index is 0.189. The number of rotatable bonds is 48. The zero-order valence-corrected chi connectivity index (χ0v) is 43.4. The molecular weight excluding hydrogens is 839 g/mol. The molecule has 0 aliphatic carbocycles. The van der Waals surface area contributed by atoms with Gasteiger partial charge < -0.3 is 40.3 Å². The Balaban J connectivity index is 2.26. The third-order valence-corrected chi connectivity index (χ3v) is 13.4. The molecule has 0 spiro atoms. The van der Waals surface area contributed by atoms with Crippen molar-refractivity contribution < 1.29 is 39.8 Å². The Morgan fingerprint density at radius 1 is 0.493 bits per heavy atom. The predicted octanol–water partition coefficient (Wildman–Crippen LogP) is 13.7. The van der Waals surface area contributed by atoms with Crippen LogP contribution in [0.4, 0.5) is 0 Å². The first-order chi connectivity index (χ1) is 32.8. The molecule has 0 saturated carbocycles. The van der Waals surface area contributed by atoms with Crippen molar-refractivity contribution in [1.82, 2.24) is 5.32 Å². The molecule has 7 atom stereocenters. The van der Waals surface area contributed by atoms with Gasteiger partial charge in [-0.1, -0.05) is 229 Å². The second-order valence-corrected chi connectivity index (χ2v) is 19.7. The number of carbonyl (C=O) groups excluding carboxylic acids is 1. The number of hydrogen-bond acceptors (Lipinski definition) is 8. The van der Waals surface area contributed by atoms with Crippen LogP contribution in [0.1, 0.15) is 258 Å². The van der Waals surface area contributed by atoms with Crippen LogP contribution in [0.15, 0.2) is 48.6 Å². The molecule has 6 N–H and O–H groups in total. The molecule has 1 aliphatic heterocycles. The molecule has 7 unspecified atom stereocenters. The lowest BCUT2D eigenvalue weighted by atomic mass is 9.99. The van der Waals surface area contributed by atoms with E-state index in [2.05, 4.69) is 55.6 Å². The second-order valence-electron chi connectivity index (χ2n) is 19.7. The van der Waals surface area contributed by atoms with Gasteiger partial charge in [0.25, 0.3) is 0 Å². The van der Waals surface area contributed by atoms with Crippen LogP contribution >= 0.6 is 0 Å². The molecule has 1 rings (SSSR count). The summed E-state index contributed by atoms with van der Waals surface area (Å²) < 4.78 is 11.2. The number of carbonyl (C=O) groups is 1. The number of allylic oxidation sites excluding steroid dienone is 7. The quantitative estimate of drug-likeness (QED) is 0.0261. The SMILES string of the molecule is CCCCCCCCCC/C=C\CCCCCCCCCCCCCCCC(=O)NC(COC1OC(CO)C(O)C(O)C1O)C(O)/C=C/CC/C=C/CC/C=C/CCCCCCCCCCC. The summed E-state index contributed by atoms with van der Waals surface area (Å²) in [5.74, 6) is -0.189. The third-order valence-electron chi connectivity index (χ3n) is 13.4. The monoisotopic (exact) mass is 946 g/mol. The molecule has 67 heavy (non-hydrogen) atoms. The standard InChI is InChI=1S/C58H107NO8/c1-3-5-7-9-11-13-15-17-19-21-23-24-25-26-27-28-30-32-34-36-38-40-42-44-46-48-54(62)59-51(50-66-58-57(65)56(64)55(63)53(49-60)67-58)52(61)47-45-43-41-39-37-35-33-31-29-22-20-18-16-14-12-10-8-6-4-2/h21,23,29,31,37,39,45,47,51-53,55-58,60-61,63-65H,3-20,22,24-28,30,32-36,38,40-44,46,48-50H2,1-2H3,(H,59,62)/b23-21-,31-29+,39-37+,47-45+. The molecule has 0 bridgehead atoms. The van der Waals surface area contributed by atoms with Crippen molar-refractivity contribution >= 4 is 5.91 Å². The summed E-state index contributed by atoms with van der Waals surface area (Å²) in [7, 11) is 0. The van der Waals surface area contributed by atoms with Crippen LogP contribution in [-0.2, 0) is 14.3 Å². The van der Waals surface area contributed by atoms with Gasteiger partial charge in [0, 0.05) is 6.42 Å². The lowest BCUT2D eigenvalue weighted by Gasteiger charge is -2.40. The van der Waals surface area contributed by atoms with Crippen LogP contribution in [0, 0.1) is 0 Å². The molecule has 1 amide bonds. The van der Waals surface area contributed by atoms with Crippen LogP contribution in [0.2, 0.25) is 0 Å². The Morgan fingerprint density at radius 3 is 1.25 bits per heavy atom. The van der Waals surface area contributed by atoms with Crippen molar-refractivity contribution in [2.75, 3.05) is 13.2 Å². The van der Waals surface area contributed by atoms with E-state index in [1.165, 1.54) is 193 Å². The molecule has 0 aromatic heterocycles. The zero-order valence-electron chi connectivity index (χ0n) is 43.4. The second kappa shape index (κ2) is 47.8. The average molecular weight is 946 g/mol. The van der Waals surface area contributed by atoms with Crippen molar-refractivity contribution in [3.05, 3.63) is 48.6 Å². The highest BCUT2D eigenvalue weighted by Gasteiger charge is 2.44. The molecule has 0 aromatic rings. The van der Waals surface area contributed by atoms with Crippen molar-refractivity contribution in [2.45, 2.75) is 301 Å². The van der Waals surface area contributed by atoms with Crippen molar-refractivity contribution in [3.63, 3.8) is 0 Å². The molecule has 0 radical (unpaired) electrons. The maximum atomic E-state index is 13.0. The normalized spacial score (nSPS) is 20.0. The Bertz CT molecular complexity index is 1190. The Morgan fingerprint density at radius 2 is 0.851 bits per heavy atom. The van der Waals surface area contributed by atoms with Gasteiger partial charge in [0.15, 0.2) is 6.29 Å². The van der Waals surface area contributed by atoms with E-state index in [1.807, 2.05) is 6.08 Å². The maximum absolute atomic E-state index is 13.0. The summed E-state index contributed by atoms with van der Waals surface area (Å²) >= 11 is 0. The highest BCUT2D eigenvalue weighted by molar-refractivity contribution is 5.76. The third kappa shape index (κ3) is 37.6. The van der Waals surface area contributed by atoms with E-state index in [4.69, 9.17) is 9.47 Å². The Labute approximate surface area is 412 Å². The van der Waals surface area contributed by atoms with Gasteiger partial charge >= 0.3 is 0 Å². The summed E-state index contributed by atoms with van der Waals surface area (Å²) in [5.41, 5.74) is 0. The lowest BCUT2D eigenvalue weighted by molar-refractivity contribution is -0.302. The molecule has 392 valence electrons. The van der Waals surface area contributed by atoms with E-state index in [1.54, 1.807) is 6.08 Å². The van der Waals surface area contributed by atoms with Gasteiger partial charge in [-0.25, -0.2) is 0 Å². The fraction of sp³-hybridized carbons (Fsp3) is 0.845. The minimum atomic E-state index is -1.57. The van der Waals surface area contributed by atoms with Gasteiger partial charge in [0.2, 0.25) is 5.91 Å². The van der Waals surface area contributed by atoms with Gasteiger partial charge in [-0.15, -0.1) is 0 Å². The van der Waals surface area contributed by atoms with Gasteiger partial charge in [0.1, 0.15) is 24.4 Å². The van der Waals surface area contributed by atoms with Gasteiger partial charge in [-0.2, -0.15) is 0 Å². The number of nitrogens with one attached hydrogen (secondary N) is 1. The first kappa shape index (κ1) is 63.2. The molecule has 1 heterocycles. The first-order valence-corrected chi connectivity index (χ1v) is 28.4. The van der Waals surface area contributed by atoms with Gasteiger partial charge in [-0.05, 0) is 70.6 Å². The zero-order chi connectivity index (χ0) is 48.7. The Kier molecular flexibility index (Phi) is 45.1. The van der Waals surface area contributed by atoms with E-state index in [-0.39, 0.29) is 12.5 Å². The van der Waals surface area contributed by atoms with Crippen LogP contribution in [0.25, 0.3) is 0 Å². The molecule has 1 fully saturated rings. The largest absolute Gasteiger partial charge is 0.394 e. The summed E-state index contributed by atoms with van der Waals surface area (Å²) in [5, 5.41) is 54.4. The average Bonchev–Trinajstić information content (AvgIpc) is 3.33. The van der Waals surface area contributed by atoms with Crippen LogP contribution < -0.4 is 5.32 Å². The van der Waals surface area contributed by atoms with Gasteiger partial charge in [0.05, 0.1) is 25.4 Å². The van der Waals surface area contributed by atoms with Crippen molar-refractivity contribution in [1.29, 1.82) is 0 Å². The van der Waals surface area contributed by atoms with E-state index in [0.29, 0.717) is 6.42 Å². The number of aliphatic hydroxyl groups excluding tert-OH is 5. The van der Waals surface area contributed by atoms with Crippen molar-refractivity contribution in [3.8, 4) is 0 Å². The summed E-state index contributed by atoms with van der Waals surface area (Å²) in [4.78, 5) is 13.0. The van der Waals surface area contributed by atoms with Gasteiger partial charge in [-0.3, -0.25) is 4.79 Å². The molecular formula is C58H107NO8. The molecule has 1 saturated heterocycles. The molecule has 1 aliphatic rings. The number of hydrogen-bond donors (Lipinski definition) is 6. The van der Waals surface area contributed by atoms with E-state index in [0.717, 1.165) is 44.9 Å². The first-order valence-electron chi connectivity index (χ1n) is 28.4. The van der Waals surface area contributed by atoms with E-state index in [9.17, 15) is 30.3 Å². The highest BCUT2D eigenvalue weighted by atomic mass is 16.7. The predicted molar refractivity (Wildman–Crippen MR) is 281 cm³/mol. The lowest BCUT2D eigenvalue weighted by Crippen LogP contribution is -2.60. The number of ether oxygens (including phenoxy) is 2. The van der Waals surface area contributed by atoms with Crippen molar-refractivity contribution in [2.24, 2.45) is 0 Å². The molecule has 9 heteroatoms. The number of aliphatic hydroxyl groups is 5.